The van der Waals surface area contributed by atoms with Crippen molar-refractivity contribution in [2.45, 2.75) is 6.92 Å². The Hall–Kier alpha value is -2.48. The van der Waals surface area contributed by atoms with E-state index in [9.17, 15) is 0 Å². The van der Waals surface area contributed by atoms with Gasteiger partial charge in [-0.05, 0) is 25.1 Å². The van der Waals surface area contributed by atoms with Gasteiger partial charge in [0.2, 0.25) is 5.13 Å². The standard InChI is InChI=1S/C17H21N7S/c1-12-20-17(25-21-12)24-8-6-23(7-9-24)13-4-5-15-14(10-13)16(22(2)3)19-11-18-15/h4-5,10-11H,6-9H2,1-3H3. The second kappa shape index (κ2) is 6.44. The van der Waals surface area contributed by atoms with Crippen LogP contribution in [0, 0.1) is 6.92 Å². The van der Waals surface area contributed by atoms with Gasteiger partial charge < -0.3 is 14.7 Å². The summed E-state index contributed by atoms with van der Waals surface area (Å²) in [5.74, 6) is 1.81. The number of hydrogen-bond acceptors (Lipinski definition) is 8. The minimum Gasteiger partial charge on any atom is -0.368 e. The van der Waals surface area contributed by atoms with E-state index >= 15 is 0 Å². The highest BCUT2D eigenvalue weighted by atomic mass is 32.1. The number of hydrogen-bond donors (Lipinski definition) is 0. The molecular weight excluding hydrogens is 334 g/mol. The summed E-state index contributed by atoms with van der Waals surface area (Å²) in [6.07, 6.45) is 1.63. The molecule has 1 aliphatic heterocycles. The summed E-state index contributed by atoms with van der Waals surface area (Å²) in [7, 11) is 4.02. The number of piperazine rings is 1. The third-order valence-electron chi connectivity index (χ3n) is 4.45. The SMILES string of the molecule is Cc1nsc(N2CCN(c3ccc4ncnc(N(C)C)c4c3)CC2)n1. The van der Waals surface area contributed by atoms with E-state index in [0.717, 1.165) is 53.9 Å². The lowest BCUT2D eigenvalue weighted by Crippen LogP contribution is -2.46. The van der Waals surface area contributed by atoms with Crippen molar-refractivity contribution in [3.05, 3.63) is 30.4 Å². The summed E-state index contributed by atoms with van der Waals surface area (Å²) < 4.78 is 4.29. The number of anilines is 3. The van der Waals surface area contributed by atoms with Crippen molar-refractivity contribution >= 4 is 39.1 Å². The third kappa shape index (κ3) is 3.09. The Labute approximate surface area is 151 Å². The van der Waals surface area contributed by atoms with Gasteiger partial charge in [-0.3, -0.25) is 0 Å². The van der Waals surface area contributed by atoms with E-state index in [1.165, 1.54) is 17.2 Å². The van der Waals surface area contributed by atoms with Gasteiger partial charge in [0.05, 0.1) is 5.52 Å². The monoisotopic (exact) mass is 355 g/mol. The van der Waals surface area contributed by atoms with Crippen molar-refractivity contribution in [2.24, 2.45) is 0 Å². The number of aromatic nitrogens is 4. The van der Waals surface area contributed by atoms with Crippen LogP contribution in [0.5, 0.6) is 0 Å². The quantitative estimate of drug-likeness (QED) is 0.713. The van der Waals surface area contributed by atoms with Crippen LogP contribution in [-0.4, -0.2) is 59.6 Å². The molecule has 1 saturated heterocycles. The molecular formula is C17H21N7S. The molecule has 1 aliphatic rings. The second-order valence-electron chi connectivity index (χ2n) is 6.39. The van der Waals surface area contributed by atoms with Crippen LogP contribution in [0.4, 0.5) is 16.6 Å². The largest absolute Gasteiger partial charge is 0.368 e. The Balaban J connectivity index is 1.55. The first-order chi connectivity index (χ1) is 12.1. The summed E-state index contributed by atoms with van der Waals surface area (Å²) in [6.45, 7) is 5.79. The van der Waals surface area contributed by atoms with E-state index in [1.54, 1.807) is 6.33 Å². The number of nitrogens with zero attached hydrogens (tertiary/aromatic N) is 7. The Morgan fingerprint density at radius 3 is 2.48 bits per heavy atom. The molecule has 0 saturated carbocycles. The van der Waals surface area contributed by atoms with Crippen molar-refractivity contribution in [1.82, 2.24) is 19.3 Å². The maximum Gasteiger partial charge on any atom is 0.205 e. The van der Waals surface area contributed by atoms with Gasteiger partial charge in [-0.25, -0.2) is 15.0 Å². The van der Waals surface area contributed by atoms with Gasteiger partial charge in [0.25, 0.3) is 0 Å². The molecule has 4 rings (SSSR count). The lowest BCUT2D eigenvalue weighted by Gasteiger charge is -2.35. The van der Waals surface area contributed by atoms with Crippen LogP contribution in [0.2, 0.25) is 0 Å². The molecule has 3 aromatic rings. The molecule has 2 aromatic heterocycles. The van der Waals surface area contributed by atoms with E-state index in [-0.39, 0.29) is 0 Å². The summed E-state index contributed by atoms with van der Waals surface area (Å²) in [4.78, 5) is 20.1. The van der Waals surface area contributed by atoms with Gasteiger partial charge in [0.1, 0.15) is 18.0 Å². The van der Waals surface area contributed by atoms with E-state index < -0.39 is 0 Å². The Morgan fingerprint density at radius 2 is 1.80 bits per heavy atom. The zero-order valence-corrected chi connectivity index (χ0v) is 15.5. The first-order valence-corrected chi connectivity index (χ1v) is 9.11. The molecule has 3 heterocycles. The van der Waals surface area contributed by atoms with Gasteiger partial charge in [-0.2, -0.15) is 4.37 Å². The molecule has 0 bridgehead atoms. The molecule has 0 radical (unpaired) electrons. The average molecular weight is 355 g/mol. The van der Waals surface area contributed by atoms with Crippen molar-refractivity contribution in [2.75, 3.05) is 55.0 Å². The second-order valence-corrected chi connectivity index (χ2v) is 7.12. The van der Waals surface area contributed by atoms with Crippen LogP contribution in [0.1, 0.15) is 5.82 Å². The predicted octanol–water partition coefficient (Wildman–Crippen LogP) is 2.18. The van der Waals surface area contributed by atoms with Crippen LogP contribution in [0.15, 0.2) is 24.5 Å². The van der Waals surface area contributed by atoms with Gasteiger partial charge >= 0.3 is 0 Å². The molecule has 0 aliphatic carbocycles. The molecule has 0 amide bonds. The summed E-state index contributed by atoms with van der Waals surface area (Å²) in [5.41, 5.74) is 2.20. The fourth-order valence-corrected chi connectivity index (χ4v) is 3.88. The van der Waals surface area contributed by atoms with E-state index in [0.29, 0.717) is 0 Å². The molecule has 1 aromatic carbocycles. The van der Waals surface area contributed by atoms with E-state index in [2.05, 4.69) is 47.3 Å². The first kappa shape index (κ1) is 16.0. The Kier molecular flexibility index (Phi) is 4.12. The minimum atomic E-state index is 0.855. The molecule has 0 unspecified atom stereocenters. The van der Waals surface area contributed by atoms with Gasteiger partial charge in [0.15, 0.2) is 0 Å². The smallest absolute Gasteiger partial charge is 0.205 e. The lowest BCUT2D eigenvalue weighted by atomic mass is 10.1. The normalized spacial score (nSPS) is 15.0. The van der Waals surface area contributed by atoms with Crippen molar-refractivity contribution in [3.8, 4) is 0 Å². The first-order valence-electron chi connectivity index (χ1n) is 8.34. The number of benzene rings is 1. The van der Waals surface area contributed by atoms with Gasteiger partial charge in [0, 0.05) is 62.9 Å². The van der Waals surface area contributed by atoms with E-state index in [1.807, 2.05) is 25.9 Å². The Morgan fingerprint density at radius 1 is 1.04 bits per heavy atom. The molecule has 130 valence electrons. The number of fused-ring (bicyclic) bond motifs is 1. The summed E-state index contributed by atoms with van der Waals surface area (Å²) in [5, 5.41) is 2.12. The lowest BCUT2D eigenvalue weighted by molar-refractivity contribution is 0.652. The maximum atomic E-state index is 4.50. The van der Waals surface area contributed by atoms with Crippen LogP contribution in [0.3, 0.4) is 0 Å². The Bertz CT molecular complexity index is 884. The zero-order valence-electron chi connectivity index (χ0n) is 14.7. The summed E-state index contributed by atoms with van der Waals surface area (Å²) in [6, 6.07) is 6.44. The van der Waals surface area contributed by atoms with Crippen LogP contribution < -0.4 is 14.7 Å². The van der Waals surface area contributed by atoms with Crippen LogP contribution in [-0.2, 0) is 0 Å². The number of aryl methyl sites for hydroxylation is 1. The molecule has 0 atom stereocenters. The van der Waals surface area contributed by atoms with Crippen molar-refractivity contribution in [1.29, 1.82) is 0 Å². The molecule has 25 heavy (non-hydrogen) atoms. The highest BCUT2D eigenvalue weighted by Gasteiger charge is 2.20. The molecule has 7 nitrogen and oxygen atoms in total. The molecule has 1 fully saturated rings. The van der Waals surface area contributed by atoms with Crippen LogP contribution >= 0.6 is 11.5 Å². The topological polar surface area (TPSA) is 61.3 Å². The van der Waals surface area contributed by atoms with Crippen molar-refractivity contribution in [3.63, 3.8) is 0 Å². The minimum absolute atomic E-state index is 0.855. The van der Waals surface area contributed by atoms with Gasteiger partial charge in [-0.15, -0.1) is 0 Å². The third-order valence-corrected chi connectivity index (χ3v) is 5.32. The van der Waals surface area contributed by atoms with E-state index in [4.69, 9.17) is 0 Å². The molecule has 0 N–H and O–H groups in total. The maximum absolute atomic E-state index is 4.50. The van der Waals surface area contributed by atoms with Crippen molar-refractivity contribution < 1.29 is 0 Å². The molecule has 8 heteroatoms. The summed E-state index contributed by atoms with van der Waals surface area (Å²) >= 11 is 1.48. The molecule has 0 spiro atoms. The van der Waals surface area contributed by atoms with Gasteiger partial charge in [-0.1, -0.05) is 0 Å². The number of rotatable bonds is 3. The highest BCUT2D eigenvalue weighted by Crippen LogP contribution is 2.28. The average Bonchev–Trinajstić information content (AvgIpc) is 3.07. The van der Waals surface area contributed by atoms with Crippen LogP contribution in [0.25, 0.3) is 10.9 Å². The fourth-order valence-electron chi connectivity index (χ4n) is 3.15. The highest BCUT2D eigenvalue weighted by molar-refractivity contribution is 7.09. The predicted molar refractivity (Wildman–Crippen MR) is 103 cm³/mol. The zero-order chi connectivity index (χ0) is 17.4. The fraction of sp³-hybridized carbons (Fsp3) is 0.412.